The van der Waals surface area contributed by atoms with Gasteiger partial charge in [0.15, 0.2) is 0 Å². The van der Waals surface area contributed by atoms with Crippen LogP contribution in [-0.4, -0.2) is 48.2 Å². The molecule has 0 fully saturated rings. The molecule has 0 saturated heterocycles. The van der Waals surface area contributed by atoms with Crippen molar-refractivity contribution in [2.24, 2.45) is 0 Å². The molecule has 0 aliphatic carbocycles. The fourth-order valence-corrected chi connectivity index (χ4v) is 2.73. The van der Waals surface area contributed by atoms with Crippen LogP contribution in [0.25, 0.3) is 0 Å². The van der Waals surface area contributed by atoms with Crippen LogP contribution >= 0.6 is 0 Å². The monoisotopic (exact) mass is 338 g/mol. The SMILES string of the molecule is COc1ccc(CN(C)C(=O)CN2C(=O)c3ccccc3C2=O)cc1. The van der Waals surface area contributed by atoms with E-state index in [0.717, 1.165) is 16.2 Å². The van der Waals surface area contributed by atoms with Crippen LogP contribution in [0.2, 0.25) is 0 Å². The van der Waals surface area contributed by atoms with Gasteiger partial charge in [-0.05, 0) is 29.8 Å². The van der Waals surface area contributed by atoms with Gasteiger partial charge in [0.2, 0.25) is 5.91 Å². The van der Waals surface area contributed by atoms with E-state index in [4.69, 9.17) is 4.74 Å². The molecule has 3 rings (SSSR count). The van der Waals surface area contributed by atoms with Crippen molar-refractivity contribution in [3.63, 3.8) is 0 Å². The van der Waals surface area contributed by atoms with Crippen LogP contribution in [0.3, 0.4) is 0 Å². The quantitative estimate of drug-likeness (QED) is 0.782. The third-order valence-corrected chi connectivity index (χ3v) is 4.18. The minimum absolute atomic E-state index is 0.265. The Hall–Kier alpha value is -3.15. The van der Waals surface area contributed by atoms with Crippen LogP contribution in [0, 0.1) is 0 Å². The summed E-state index contributed by atoms with van der Waals surface area (Å²) in [4.78, 5) is 39.5. The van der Waals surface area contributed by atoms with Gasteiger partial charge in [0.1, 0.15) is 12.3 Å². The molecule has 0 saturated carbocycles. The Bertz CT molecular complexity index is 795. The molecule has 0 N–H and O–H groups in total. The topological polar surface area (TPSA) is 66.9 Å². The molecule has 128 valence electrons. The minimum Gasteiger partial charge on any atom is -0.497 e. The van der Waals surface area contributed by atoms with Crippen LogP contribution in [0.4, 0.5) is 0 Å². The van der Waals surface area contributed by atoms with Crippen molar-refractivity contribution in [3.05, 3.63) is 65.2 Å². The van der Waals surface area contributed by atoms with Crippen molar-refractivity contribution in [1.82, 2.24) is 9.80 Å². The zero-order chi connectivity index (χ0) is 18.0. The molecular weight excluding hydrogens is 320 g/mol. The van der Waals surface area contributed by atoms with E-state index in [-0.39, 0.29) is 12.5 Å². The molecule has 25 heavy (non-hydrogen) atoms. The summed E-state index contributed by atoms with van der Waals surface area (Å²) in [6.07, 6.45) is 0. The van der Waals surface area contributed by atoms with Crippen molar-refractivity contribution >= 4 is 17.7 Å². The number of rotatable bonds is 5. The maximum Gasteiger partial charge on any atom is 0.262 e. The van der Waals surface area contributed by atoms with E-state index in [1.165, 1.54) is 4.90 Å². The summed E-state index contributed by atoms with van der Waals surface area (Å²) >= 11 is 0. The molecule has 0 bridgehead atoms. The lowest BCUT2D eigenvalue weighted by Gasteiger charge is -2.21. The Morgan fingerprint density at radius 3 is 2.08 bits per heavy atom. The van der Waals surface area contributed by atoms with Gasteiger partial charge >= 0.3 is 0 Å². The zero-order valence-electron chi connectivity index (χ0n) is 14.1. The molecule has 2 aromatic rings. The Labute approximate surface area is 145 Å². The molecule has 0 unspecified atom stereocenters. The fourth-order valence-electron chi connectivity index (χ4n) is 2.73. The Morgan fingerprint density at radius 2 is 1.56 bits per heavy atom. The summed E-state index contributed by atoms with van der Waals surface area (Å²) < 4.78 is 5.10. The molecule has 0 spiro atoms. The second kappa shape index (κ2) is 6.76. The number of benzene rings is 2. The lowest BCUT2D eigenvalue weighted by Crippen LogP contribution is -2.40. The highest BCUT2D eigenvalue weighted by atomic mass is 16.5. The van der Waals surface area contributed by atoms with Gasteiger partial charge < -0.3 is 9.64 Å². The molecule has 1 aliphatic rings. The van der Waals surface area contributed by atoms with E-state index >= 15 is 0 Å². The number of hydrogen-bond acceptors (Lipinski definition) is 4. The van der Waals surface area contributed by atoms with Gasteiger partial charge in [0, 0.05) is 13.6 Å². The summed E-state index contributed by atoms with van der Waals surface area (Å²) in [6, 6.07) is 14.0. The number of nitrogens with zero attached hydrogens (tertiary/aromatic N) is 2. The number of ether oxygens (including phenoxy) is 1. The fraction of sp³-hybridized carbons (Fsp3) is 0.211. The second-order valence-corrected chi connectivity index (χ2v) is 5.84. The summed E-state index contributed by atoms with van der Waals surface area (Å²) in [7, 11) is 3.23. The number of carbonyl (C=O) groups is 3. The highest BCUT2D eigenvalue weighted by Gasteiger charge is 2.36. The molecule has 3 amide bonds. The maximum atomic E-state index is 12.4. The first-order chi connectivity index (χ1) is 12.0. The predicted molar refractivity (Wildman–Crippen MR) is 91.3 cm³/mol. The summed E-state index contributed by atoms with van der Waals surface area (Å²) in [5.74, 6) is -0.410. The average Bonchev–Trinajstić information content (AvgIpc) is 2.87. The number of likely N-dealkylation sites (N-methyl/N-ethyl adjacent to an activating group) is 1. The van der Waals surface area contributed by atoms with Crippen LogP contribution in [0.1, 0.15) is 26.3 Å². The Balaban J connectivity index is 1.66. The molecule has 2 aromatic carbocycles. The average molecular weight is 338 g/mol. The number of carbonyl (C=O) groups excluding carboxylic acids is 3. The largest absolute Gasteiger partial charge is 0.497 e. The van der Waals surface area contributed by atoms with Crippen molar-refractivity contribution in [2.45, 2.75) is 6.54 Å². The van der Waals surface area contributed by atoms with E-state index in [0.29, 0.717) is 17.7 Å². The lowest BCUT2D eigenvalue weighted by atomic mass is 10.1. The van der Waals surface area contributed by atoms with Gasteiger partial charge in [-0.15, -0.1) is 0 Å². The maximum absolute atomic E-state index is 12.4. The summed E-state index contributed by atoms with van der Waals surface area (Å²) in [5, 5.41) is 0. The molecule has 1 heterocycles. The Kier molecular flexibility index (Phi) is 4.52. The molecule has 0 radical (unpaired) electrons. The molecular formula is C19H18N2O4. The minimum atomic E-state index is -0.424. The number of imide groups is 1. The number of methoxy groups -OCH3 is 1. The third kappa shape index (κ3) is 3.24. The van der Waals surface area contributed by atoms with Gasteiger partial charge in [-0.3, -0.25) is 19.3 Å². The first kappa shape index (κ1) is 16.7. The van der Waals surface area contributed by atoms with E-state index < -0.39 is 11.8 Å². The van der Waals surface area contributed by atoms with Crippen molar-refractivity contribution in [1.29, 1.82) is 0 Å². The van der Waals surface area contributed by atoms with Gasteiger partial charge in [-0.2, -0.15) is 0 Å². The number of fused-ring (bicyclic) bond motifs is 1. The lowest BCUT2D eigenvalue weighted by molar-refractivity contribution is -0.130. The van der Waals surface area contributed by atoms with Crippen molar-refractivity contribution in [3.8, 4) is 5.75 Å². The summed E-state index contributed by atoms with van der Waals surface area (Å²) in [6.45, 7) is 0.116. The van der Waals surface area contributed by atoms with E-state index in [9.17, 15) is 14.4 Å². The highest BCUT2D eigenvalue weighted by Crippen LogP contribution is 2.22. The smallest absolute Gasteiger partial charge is 0.262 e. The van der Waals surface area contributed by atoms with Gasteiger partial charge in [0.25, 0.3) is 11.8 Å². The molecule has 0 atom stereocenters. The highest BCUT2D eigenvalue weighted by molar-refractivity contribution is 6.22. The third-order valence-electron chi connectivity index (χ3n) is 4.18. The van der Waals surface area contributed by atoms with Crippen molar-refractivity contribution < 1.29 is 19.1 Å². The van der Waals surface area contributed by atoms with Crippen LogP contribution in [-0.2, 0) is 11.3 Å². The molecule has 1 aliphatic heterocycles. The standard InChI is InChI=1S/C19H18N2O4/c1-20(11-13-7-9-14(25-2)10-8-13)17(22)12-21-18(23)15-5-3-4-6-16(15)19(21)24/h3-10H,11-12H2,1-2H3. The van der Waals surface area contributed by atoms with Gasteiger partial charge in [0.05, 0.1) is 18.2 Å². The van der Waals surface area contributed by atoms with Gasteiger partial charge in [-0.25, -0.2) is 0 Å². The zero-order valence-corrected chi connectivity index (χ0v) is 14.1. The molecule has 0 aromatic heterocycles. The van der Waals surface area contributed by atoms with Crippen LogP contribution in [0.5, 0.6) is 5.75 Å². The van der Waals surface area contributed by atoms with Crippen molar-refractivity contribution in [2.75, 3.05) is 20.7 Å². The number of hydrogen-bond donors (Lipinski definition) is 0. The molecule has 6 nitrogen and oxygen atoms in total. The van der Waals surface area contributed by atoms with Crippen LogP contribution in [0.15, 0.2) is 48.5 Å². The Morgan fingerprint density at radius 1 is 1.00 bits per heavy atom. The molecule has 6 heteroatoms. The normalized spacial score (nSPS) is 13.0. The van der Waals surface area contributed by atoms with Crippen LogP contribution < -0.4 is 4.74 Å². The predicted octanol–water partition coefficient (Wildman–Crippen LogP) is 1.95. The van der Waals surface area contributed by atoms with E-state index in [2.05, 4.69) is 0 Å². The van der Waals surface area contributed by atoms with Gasteiger partial charge in [-0.1, -0.05) is 24.3 Å². The number of amides is 3. The van der Waals surface area contributed by atoms with E-state index in [1.807, 2.05) is 24.3 Å². The first-order valence-electron chi connectivity index (χ1n) is 7.83. The van der Waals surface area contributed by atoms with E-state index in [1.54, 1.807) is 38.4 Å². The summed E-state index contributed by atoms with van der Waals surface area (Å²) in [5.41, 5.74) is 1.62. The second-order valence-electron chi connectivity index (χ2n) is 5.84. The first-order valence-corrected chi connectivity index (χ1v) is 7.83.